The van der Waals surface area contributed by atoms with E-state index in [1.54, 1.807) is 13.0 Å². The normalized spacial score (nSPS) is 17.3. The van der Waals surface area contributed by atoms with Gasteiger partial charge in [-0.2, -0.15) is 13.2 Å². The summed E-state index contributed by atoms with van der Waals surface area (Å²) in [5.41, 5.74) is 1.14. The number of hydrogen-bond donors (Lipinski definition) is 0. The smallest absolute Gasteiger partial charge is 0.304 e. The Bertz CT molecular complexity index is 436. The molecule has 0 atom stereocenters. The summed E-state index contributed by atoms with van der Waals surface area (Å²) in [6, 6.07) is 4.03. The Morgan fingerprint density at radius 2 is 1.62 bits per heavy atom. The van der Waals surface area contributed by atoms with Crippen LogP contribution in [0.2, 0.25) is 0 Å². The topological polar surface area (TPSA) is 6.48 Å². The maximum atomic E-state index is 12.6. The lowest BCUT2D eigenvalue weighted by molar-refractivity contribution is -0.137. The van der Waals surface area contributed by atoms with E-state index in [0.717, 1.165) is 38.3 Å². The van der Waals surface area contributed by atoms with E-state index in [1.165, 1.54) is 12.1 Å². The van der Waals surface area contributed by atoms with Crippen LogP contribution in [-0.2, 0) is 12.7 Å². The number of aryl methyl sites for hydroxylation is 1. The van der Waals surface area contributed by atoms with Gasteiger partial charge in [0.2, 0.25) is 0 Å². The molecule has 0 amide bonds. The van der Waals surface area contributed by atoms with Crippen LogP contribution in [0.15, 0.2) is 18.2 Å². The number of nitrogens with zero attached hydrogens (tertiary/aromatic N) is 2. The first-order chi connectivity index (χ1) is 9.86. The lowest BCUT2D eigenvalue weighted by Gasteiger charge is -2.32. The predicted octanol–water partition coefficient (Wildman–Crippen LogP) is 3.79. The molecule has 0 radical (unpaired) electrons. The summed E-state index contributed by atoms with van der Waals surface area (Å²) >= 11 is 0. The Hall–Kier alpha value is -1.07. The number of rotatable bonds is 2. The number of hydrogen-bond acceptors (Lipinski definition) is 2. The molecule has 0 N–H and O–H groups in total. The van der Waals surface area contributed by atoms with Crippen molar-refractivity contribution >= 4 is 0 Å². The molecule has 0 unspecified atom stereocenters. The van der Waals surface area contributed by atoms with Crippen molar-refractivity contribution in [3.05, 3.63) is 34.9 Å². The minimum absolute atomic E-state index is 0.563. The first kappa shape index (κ1) is 18.0. The van der Waals surface area contributed by atoms with Gasteiger partial charge in [0.25, 0.3) is 0 Å². The summed E-state index contributed by atoms with van der Waals surface area (Å²) in [6.45, 7) is 10.5. The van der Waals surface area contributed by atoms with Crippen LogP contribution in [0, 0.1) is 6.92 Å². The van der Waals surface area contributed by atoms with E-state index >= 15 is 0 Å². The SMILES string of the molecule is CC.Cc1cc(C(F)(F)F)ccc1CN1CCN(C)CC1. The zero-order valence-corrected chi connectivity index (χ0v) is 13.3. The molecule has 1 saturated heterocycles. The molecule has 1 aliphatic rings. The van der Waals surface area contributed by atoms with Gasteiger partial charge in [0.1, 0.15) is 0 Å². The number of likely N-dealkylation sites (N-methyl/N-ethyl adjacent to an activating group) is 1. The van der Waals surface area contributed by atoms with Gasteiger partial charge in [-0.05, 0) is 37.2 Å². The fourth-order valence-electron chi connectivity index (χ4n) is 2.30. The number of benzene rings is 1. The summed E-state index contributed by atoms with van der Waals surface area (Å²) in [5, 5.41) is 0. The van der Waals surface area contributed by atoms with E-state index in [1.807, 2.05) is 13.8 Å². The van der Waals surface area contributed by atoms with Crippen LogP contribution in [0.25, 0.3) is 0 Å². The van der Waals surface area contributed by atoms with Gasteiger partial charge in [0.15, 0.2) is 0 Å². The van der Waals surface area contributed by atoms with Gasteiger partial charge in [0, 0.05) is 32.7 Å². The highest BCUT2D eigenvalue weighted by Crippen LogP contribution is 2.30. The third kappa shape index (κ3) is 5.32. The number of halogens is 3. The van der Waals surface area contributed by atoms with Crippen LogP contribution in [0.5, 0.6) is 0 Å². The lowest BCUT2D eigenvalue weighted by Crippen LogP contribution is -2.43. The van der Waals surface area contributed by atoms with Crippen LogP contribution in [0.3, 0.4) is 0 Å². The van der Waals surface area contributed by atoms with Crippen molar-refractivity contribution in [2.45, 2.75) is 33.5 Å². The van der Waals surface area contributed by atoms with Crippen molar-refractivity contribution in [1.82, 2.24) is 9.80 Å². The van der Waals surface area contributed by atoms with Gasteiger partial charge in [-0.3, -0.25) is 4.90 Å². The molecular weight excluding hydrogens is 277 g/mol. The highest BCUT2D eigenvalue weighted by molar-refractivity contribution is 5.32. The fraction of sp³-hybridized carbons (Fsp3) is 0.625. The van der Waals surface area contributed by atoms with Crippen molar-refractivity contribution in [3.63, 3.8) is 0 Å². The monoisotopic (exact) mass is 302 g/mol. The van der Waals surface area contributed by atoms with E-state index in [0.29, 0.717) is 5.56 Å². The van der Waals surface area contributed by atoms with Crippen molar-refractivity contribution in [3.8, 4) is 0 Å². The fourth-order valence-corrected chi connectivity index (χ4v) is 2.30. The second-order valence-electron chi connectivity index (χ2n) is 5.22. The summed E-state index contributed by atoms with van der Waals surface area (Å²) in [7, 11) is 2.08. The maximum absolute atomic E-state index is 12.6. The Morgan fingerprint density at radius 3 is 2.10 bits per heavy atom. The van der Waals surface area contributed by atoms with Gasteiger partial charge >= 0.3 is 6.18 Å². The van der Waals surface area contributed by atoms with Crippen LogP contribution in [0.1, 0.15) is 30.5 Å². The summed E-state index contributed by atoms with van der Waals surface area (Å²) < 4.78 is 37.8. The molecule has 120 valence electrons. The standard InChI is InChI=1S/C14H19F3N2.C2H6/c1-11-9-13(14(15,16)17)4-3-12(11)10-19-7-5-18(2)6-8-19;1-2/h3-4,9H,5-8,10H2,1-2H3;1-2H3. The van der Waals surface area contributed by atoms with Crippen LogP contribution in [0.4, 0.5) is 13.2 Å². The Kier molecular flexibility index (Phi) is 6.68. The van der Waals surface area contributed by atoms with Gasteiger partial charge in [-0.15, -0.1) is 0 Å². The first-order valence-electron chi connectivity index (χ1n) is 7.44. The van der Waals surface area contributed by atoms with E-state index in [-0.39, 0.29) is 0 Å². The molecule has 1 aromatic carbocycles. The summed E-state index contributed by atoms with van der Waals surface area (Å²) in [6.07, 6.45) is -4.25. The van der Waals surface area contributed by atoms with Crippen LogP contribution >= 0.6 is 0 Å². The lowest BCUT2D eigenvalue weighted by atomic mass is 10.0. The number of piperazine rings is 1. The maximum Gasteiger partial charge on any atom is 0.416 e. The molecule has 5 heteroatoms. The van der Waals surface area contributed by atoms with E-state index in [4.69, 9.17) is 0 Å². The van der Waals surface area contributed by atoms with Crippen molar-refractivity contribution in [1.29, 1.82) is 0 Å². The molecule has 1 aliphatic heterocycles. The summed E-state index contributed by atoms with van der Waals surface area (Å²) in [5.74, 6) is 0. The van der Waals surface area contributed by atoms with E-state index in [9.17, 15) is 13.2 Å². The molecule has 0 aliphatic carbocycles. The molecule has 1 heterocycles. The zero-order valence-electron chi connectivity index (χ0n) is 13.3. The molecule has 0 aromatic heterocycles. The average molecular weight is 302 g/mol. The first-order valence-corrected chi connectivity index (χ1v) is 7.44. The minimum atomic E-state index is -4.25. The van der Waals surface area contributed by atoms with Gasteiger partial charge in [-0.25, -0.2) is 0 Å². The molecule has 21 heavy (non-hydrogen) atoms. The van der Waals surface area contributed by atoms with Gasteiger partial charge < -0.3 is 4.90 Å². The third-order valence-electron chi connectivity index (χ3n) is 3.66. The highest BCUT2D eigenvalue weighted by Gasteiger charge is 2.30. The van der Waals surface area contributed by atoms with Crippen LogP contribution in [-0.4, -0.2) is 43.0 Å². The molecule has 2 nitrogen and oxygen atoms in total. The van der Waals surface area contributed by atoms with Crippen molar-refractivity contribution < 1.29 is 13.2 Å². The Labute approximate surface area is 125 Å². The zero-order chi connectivity index (χ0) is 16.0. The van der Waals surface area contributed by atoms with Crippen molar-refractivity contribution in [2.75, 3.05) is 33.2 Å². The molecule has 0 bridgehead atoms. The molecular formula is C16H25F3N2. The van der Waals surface area contributed by atoms with Crippen molar-refractivity contribution in [2.24, 2.45) is 0 Å². The van der Waals surface area contributed by atoms with E-state index < -0.39 is 11.7 Å². The predicted molar refractivity (Wildman–Crippen MR) is 80.3 cm³/mol. The van der Waals surface area contributed by atoms with Crippen LogP contribution < -0.4 is 0 Å². The highest BCUT2D eigenvalue weighted by atomic mass is 19.4. The van der Waals surface area contributed by atoms with Gasteiger partial charge in [0.05, 0.1) is 5.56 Å². The second-order valence-corrected chi connectivity index (χ2v) is 5.22. The summed E-state index contributed by atoms with van der Waals surface area (Å²) in [4.78, 5) is 4.55. The minimum Gasteiger partial charge on any atom is -0.304 e. The number of alkyl halides is 3. The average Bonchev–Trinajstić information content (AvgIpc) is 2.44. The largest absolute Gasteiger partial charge is 0.416 e. The molecule has 0 saturated carbocycles. The molecule has 1 fully saturated rings. The Morgan fingerprint density at radius 1 is 1.05 bits per heavy atom. The molecule has 0 spiro atoms. The third-order valence-corrected chi connectivity index (χ3v) is 3.66. The quantitative estimate of drug-likeness (QED) is 0.820. The molecule has 2 rings (SSSR count). The molecule has 1 aromatic rings. The second kappa shape index (κ2) is 7.80. The van der Waals surface area contributed by atoms with Gasteiger partial charge in [-0.1, -0.05) is 19.9 Å². The van der Waals surface area contributed by atoms with E-state index in [2.05, 4.69) is 16.8 Å². The Balaban J connectivity index is 0.00000106.